The highest BCUT2D eigenvalue weighted by molar-refractivity contribution is 6.42. The summed E-state index contributed by atoms with van der Waals surface area (Å²) < 4.78 is 2.01. The van der Waals surface area contributed by atoms with Crippen LogP contribution in [0.1, 0.15) is 22.5 Å². The third-order valence-electron chi connectivity index (χ3n) is 4.84. The van der Waals surface area contributed by atoms with Crippen LogP contribution in [0.4, 0.5) is 0 Å². The maximum atomic E-state index is 12.5. The lowest BCUT2D eigenvalue weighted by atomic mass is 10.1. The van der Waals surface area contributed by atoms with Crippen molar-refractivity contribution in [3.05, 3.63) is 92.7 Å². The number of hydrogen-bond donors (Lipinski definition) is 1. The summed E-state index contributed by atoms with van der Waals surface area (Å²) in [6.07, 6.45) is 2.32. The summed E-state index contributed by atoms with van der Waals surface area (Å²) in [6, 6.07) is 19.2. The molecule has 0 saturated heterocycles. The molecular formula is C24H21Cl2N3O. The van der Waals surface area contributed by atoms with Gasteiger partial charge in [0.25, 0.3) is 5.91 Å². The van der Waals surface area contributed by atoms with Crippen molar-refractivity contribution in [3.8, 4) is 11.8 Å². The quantitative estimate of drug-likeness (QED) is 0.399. The van der Waals surface area contributed by atoms with Gasteiger partial charge in [-0.05, 0) is 61.7 Å². The Labute approximate surface area is 186 Å². The van der Waals surface area contributed by atoms with E-state index in [0.29, 0.717) is 23.0 Å². The van der Waals surface area contributed by atoms with Gasteiger partial charge in [-0.25, -0.2) is 0 Å². The number of benzene rings is 2. The highest BCUT2D eigenvalue weighted by atomic mass is 35.5. The molecule has 4 nitrogen and oxygen atoms in total. The minimum atomic E-state index is -0.382. The normalized spacial score (nSPS) is 11.2. The molecule has 1 heterocycles. The van der Waals surface area contributed by atoms with Crippen molar-refractivity contribution in [2.24, 2.45) is 0 Å². The van der Waals surface area contributed by atoms with Gasteiger partial charge in [0.1, 0.15) is 11.6 Å². The van der Waals surface area contributed by atoms with Crippen LogP contribution < -0.4 is 5.32 Å². The van der Waals surface area contributed by atoms with Crippen LogP contribution in [0.15, 0.2) is 60.2 Å². The Morgan fingerprint density at radius 3 is 2.50 bits per heavy atom. The molecule has 152 valence electrons. The molecule has 0 spiro atoms. The number of halogens is 2. The van der Waals surface area contributed by atoms with Crippen LogP contribution in [0.2, 0.25) is 10.0 Å². The van der Waals surface area contributed by atoms with Crippen molar-refractivity contribution in [2.45, 2.75) is 20.3 Å². The first-order valence-corrected chi connectivity index (χ1v) is 10.2. The van der Waals surface area contributed by atoms with Gasteiger partial charge in [-0.1, -0.05) is 53.5 Å². The summed E-state index contributed by atoms with van der Waals surface area (Å²) in [6.45, 7) is 4.35. The van der Waals surface area contributed by atoms with Crippen LogP contribution in [0, 0.1) is 25.2 Å². The lowest BCUT2D eigenvalue weighted by molar-refractivity contribution is -0.117. The maximum Gasteiger partial charge on any atom is 0.261 e. The lowest BCUT2D eigenvalue weighted by Crippen LogP contribution is -2.26. The summed E-state index contributed by atoms with van der Waals surface area (Å²) >= 11 is 12.2. The van der Waals surface area contributed by atoms with Crippen LogP contribution >= 0.6 is 23.2 Å². The molecule has 0 saturated carbocycles. The number of nitrogens with zero attached hydrogens (tertiary/aromatic N) is 2. The summed E-state index contributed by atoms with van der Waals surface area (Å²) in [5.74, 6) is -0.382. The molecule has 6 heteroatoms. The van der Waals surface area contributed by atoms with Crippen LogP contribution in [-0.4, -0.2) is 17.0 Å². The number of nitriles is 1. The van der Waals surface area contributed by atoms with Gasteiger partial charge in [0.15, 0.2) is 0 Å². The zero-order chi connectivity index (χ0) is 21.7. The molecule has 0 fully saturated rings. The number of rotatable bonds is 6. The minimum absolute atomic E-state index is 0.0671. The van der Waals surface area contributed by atoms with E-state index in [9.17, 15) is 10.1 Å². The van der Waals surface area contributed by atoms with Crippen molar-refractivity contribution in [2.75, 3.05) is 6.54 Å². The largest absolute Gasteiger partial charge is 0.351 e. The second-order valence-corrected chi connectivity index (χ2v) is 7.74. The van der Waals surface area contributed by atoms with Crippen molar-refractivity contribution in [1.29, 1.82) is 5.26 Å². The third kappa shape index (κ3) is 4.94. The number of carbonyl (C=O) groups is 1. The topological polar surface area (TPSA) is 57.8 Å². The maximum absolute atomic E-state index is 12.5. The molecule has 1 aromatic heterocycles. The van der Waals surface area contributed by atoms with Crippen LogP contribution in [0.25, 0.3) is 11.8 Å². The molecule has 3 rings (SSSR count). The number of aryl methyl sites for hydroxylation is 1. The zero-order valence-corrected chi connectivity index (χ0v) is 18.3. The summed E-state index contributed by atoms with van der Waals surface area (Å²) in [5, 5.41) is 13.3. The first-order valence-electron chi connectivity index (χ1n) is 9.49. The fraction of sp³-hybridized carbons (Fsp3) is 0.167. The van der Waals surface area contributed by atoms with Crippen molar-refractivity contribution < 1.29 is 4.79 Å². The molecule has 0 bridgehead atoms. The molecule has 0 aliphatic rings. The Kier molecular flexibility index (Phi) is 6.99. The third-order valence-corrected chi connectivity index (χ3v) is 5.58. The van der Waals surface area contributed by atoms with Gasteiger partial charge in [-0.2, -0.15) is 5.26 Å². The first-order chi connectivity index (χ1) is 14.4. The SMILES string of the molecule is Cc1cc(/C=C(/C#N)C(=O)NCCc2ccccc2)c(C)n1-c1ccc(Cl)c(Cl)c1. The Balaban J connectivity index is 1.79. The van der Waals surface area contributed by atoms with Gasteiger partial charge in [-0.15, -0.1) is 0 Å². The molecule has 1 amide bonds. The average Bonchev–Trinajstić information content (AvgIpc) is 3.02. The number of nitrogens with one attached hydrogen (secondary N) is 1. The van der Waals surface area contributed by atoms with E-state index in [-0.39, 0.29) is 11.5 Å². The van der Waals surface area contributed by atoms with E-state index in [2.05, 4.69) is 5.32 Å². The summed E-state index contributed by atoms with van der Waals surface area (Å²) in [4.78, 5) is 12.5. The van der Waals surface area contributed by atoms with Gasteiger partial charge in [0.2, 0.25) is 0 Å². The number of amides is 1. The first kappa shape index (κ1) is 21.7. The van der Waals surface area contributed by atoms with E-state index < -0.39 is 0 Å². The highest BCUT2D eigenvalue weighted by Crippen LogP contribution is 2.28. The Hall–Kier alpha value is -3.00. The van der Waals surface area contributed by atoms with E-state index >= 15 is 0 Å². The van der Waals surface area contributed by atoms with E-state index in [0.717, 1.165) is 28.2 Å². The van der Waals surface area contributed by atoms with Crippen LogP contribution in [-0.2, 0) is 11.2 Å². The molecule has 0 atom stereocenters. The van der Waals surface area contributed by atoms with Crippen LogP contribution in [0.5, 0.6) is 0 Å². The number of hydrogen-bond acceptors (Lipinski definition) is 2. The second-order valence-electron chi connectivity index (χ2n) is 6.92. The van der Waals surface area contributed by atoms with Gasteiger partial charge in [0, 0.05) is 23.6 Å². The predicted octanol–water partition coefficient (Wildman–Crippen LogP) is 5.67. The zero-order valence-electron chi connectivity index (χ0n) is 16.7. The van der Waals surface area contributed by atoms with E-state index in [1.165, 1.54) is 0 Å². The van der Waals surface area contributed by atoms with E-state index in [4.69, 9.17) is 23.2 Å². The monoisotopic (exact) mass is 437 g/mol. The molecule has 0 unspecified atom stereocenters. The summed E-state index contributed by atoms with van der Waals surface area (Å²) in [5.41, 5.74) is 4.72. The van der Waals surface area contributed by atoms with Gasteiger partial charge in [0.05, 0.1) is 10.0 Å². The summed E-state index contributed by atoms with van der Waals surface area (Å²) in [7, 11) is 0. The lowest BCUT2D eigenvalue weighted by Gasteiger charge is -2.10. The molecule has 0 aliphatic carbocycles. The second kappa shape index (κ2) is 9.67. The van der Waals surface area contributed by atoms with E-state index in [1.54, 1.807) is 18.2 Å². The smallest absolute Gasteiger partial charge is 0.261 e. The highest BCUT2D eigenvalue weighted by Gasteiger charge is 2.14. The molecular weight excluding hydrogens is 417 g/mol. The van der Waals surface area contributed by atoms with Crippen molar-refractivity contribution >= 4 is 35.2 Å². The van der Waals surface area contributed by atoms with E-state index in [1.807, 2.05) is 66.9 Å². The molecule has 0 radical (unpaired) electrons. The van der Waals surface area contributed by atoms with Crippen molar-refractivity contribution in [3.63, 3.8) is 0 Å². The number of aromatic nitrogens is 1. The van der Waals surface area contributed by atoms with Crippen molar-refractivity contribution in [1.82, 2.24) is 9.88 Å². The van der Waals surface area contributed by atoms with Gasteiger partial charge >= 0.3 is 0 Å². The van der Waals surface area contributed by atoms with Crippen LogP contribution in [0.3, 0.4) is 0 Å². The average molecular weight is 438 g/mol. The minimum Gasteiger partial charge on any atom is -0.351 e. The molecule has 0 aliphatic heterocycles. The Morgan fingerprint density at radius 2 is 1.83 bits per heavy atom. The Morgan fingerprint density at radius 1 is 1.10 bits per heavy atom. The fourth-order valence-electron chi connectivity index (χ4n) is 3.32. The van der Waals surface area contributed by atoms with Gasteiger partial charge < -0.3 is 9.88 Å². The molecule has 2 aromatic carbocycles. The van der Waals surface area contributed by atoms with Gasteiger partial charge in [-0.3, -0.25) is 4.79 Å². The Bertz CT molecular complexity index is 1140. The molecule has 1 N–H and O–H groups in total. The standard InChI is InChI=1S/C24H21Cl2N3O/c1-16-12-19(17(2)29(16)21-8-9-22(25)23(26)14-21)13-20(15-27)24(30)28-11-10-18-6-4-3-5-7-18/h3-9,12-14H,10-11H2,1-2H3,(H,28,30)/b20-13-. The predicted molar refractivity (Wildman–Crippen MR) is 122 cm³/mol. The molecule has 3 aromatic rings. The molecule has 30 heavy (non-hydrogen) atoms. The fourth-order valence-corrected chi connectivity index (χ4v) is 3.61. The number of carbonyl (C=O) groups excluding carboxylic acids is 1.